The fourth-order valence-electron chi connectivity index (χ4n) is 5.53. The van der Waals surface area contributed by atoms with Crippen molar-refractivity contribution in [3.8, 4) is 5.75 Å². The Bertz CT molecular complexity index is 935. The molecule has 1 saturated carbocycles. The average Bonchev–Trinajstić information content (AvgIpc) is 3.65. The maximum atomic E-state index is 13.6. The van der Waals surface area contributed by atoms with E-state index in [1.165, 1.54) is 18.4 Å². The lowest BCUT2D eigenvalue weighted by atomic mass is 9.95. The Kier molecular flexibility index (Phi) is 7.56. The molecular weight excluding hydrogens is 458 g/mol. The highest BCUT2D eigenvalue weighted by atomic mass is 16.6. The first-order valence-corrected chi connectivity index (χ1v) is 13.6. The Morgan fingerprint density at radius 3 is 2.58 bits per heavy atom. The van der Waals surface area contributed by atoms with Crippen molar-refractivity contribution >= 4 is 11.9 Å². The van der Waals surface area contributed by atoms with Crippen molar-refractivity contribution in [1.82, 2.24) is 15.8 Å². The Labute approximate surface area is 214 Å². The van der Waals surface area contributed by atoms with Gasteiger partial charge in [0.2, 0.25) is 0 Å². The average molecular weight is 500 g/mol. The van der Waals surface area contributed by atoms with Crippen LogP contribution in [-0.4, -0.2) is 67.5 Å². The van der Waals surface area contributed by atoms with Crippen LogP contribution in [0, 0.1) is 11.8 Å². The van der Waals surface area contributed by atoms with Crippen LogP contribution in [0.2, 0.25) is 0 Å². The van der Waals surface area contributed by atoms with Gasteiger partial charge in [-0.1, -0.05) is 0 Å². The van der Waals surface area contributed by atoms with Crippen LogP contribution in [0.25, 0.3) is 0 Å². The van der Waals surface area contributed by atoms with Crippen LogP contribution in [0.15, 0.2) is 18.2 Å². The number of carbonyl (C=O) groups excluding carboxylic acids is 2. The first-order valence-electron chi connectivity index (χ1n) is 13.6. The molecule has 0 aromatic heterocycles. The summed E-state index contributed by atoms with van der Waals surface area (Å²) >= 11 is 0. The second kappa shape index (κ2) is 10.7. The lowest BCUT2D eigenvalue weighted by molar-refractivity contribution is -0.157. The highest BCUT2D eigenvalue weighted by Gasteiger charge is 2.41. The molecule has 1 amide bonds. The number of benzene rings is 1. The zero-order valence-electron chi connectivity index (χ0n) is 21.9. The third kappa shape index (κ3) is 6.39. The summed E-state index contributed by atoms with van der Waals surface area (Å²) in [4.78, 5) is 26.1. The van der Waals surface area contributed by atoms with Crippen molar-refractivity contribution in [3.63, 3.8) is 0 Å². The van der Waals surface area contributed by atoms with Crippen LogP contribution in [0.3, 0.4) is 0 Å². The molecule has 8 heteroatoms. The number of esters is 1. The molecule has 198 valence electrons. The Hall–Kier alpha value is -2.16. The summed E-state index contributed by atoms with van der Waals surface area (Å²) < 4.78 is 17.2. The number of rotatable bonds is 6. The van der Waals surface area contributed by atoms with E-state index >= 15 is 0 Å². The summed E-state index contributed by atoms with van der Waals surface area (Å²) in [5.74, 6) is 1.96. The highest BCUT2D eigenvalue weighted by molar-refractivity contribution is 5.94. The van der Waals surface area contributed by atoms with Gasteiger partial charge in [-0.25, -0.2) is 5.43 Å². The molecule has 2 N–H and O–H groups in total. The molecule has 1 unspecified atom stereocenters. The smallest absolute Gasteiger partial charge is 0.323 e. The normalized spacial score (nSPS) is 27.3. The molecule has 1 aliphatic carbocycles. The van der Waals surface area contributed by atoms with Gasteiger partial charge < -0.3 is 14.2 Å². The zero-order valence-corrected chi connectivity index (χ0v) is 21.9. The Morgan fingerprint density at radius 1 is 1.08 bits per heavy atom. The Balaban J connectivity index is 1.21. The maximum absolute atomic E-state index is 13.6. The molecule has 3 heterocycles. The summed E-state index contributed by atoms with van der Waals surface area (Å²) in [5.41, 5.74) is 4.73. The summed E-state index contributed by atoms with van der Waals surface area (Å²) in [6.45, 7) is 9.15. The van der Waals surface area contributed by atoms with E-state index in [4.69, 9.17) is 14.2 Å². The van der Waals surface area contributed by atoms with Gasteiger partial charge in [0.25, 0.3) is 5.91 Å². The molecule has 0 radical (unpaired) electrons. The van der Waals surface area contributed by atoms with Gasteiger partial charge >= 0.3 is 5.97 Å². The molecule has 3 saturated heterocycles. The fourth-order valence-corrected chi connectivity index (χ4v) is 5.53. The number of nitrogens with one attached hydrogen (secondary N) is 2. The molecule has 8 nitrogen and oxygen atoms in total. The summed E-state index contributed by atoms with van der Waals surface area (Å²) in [7, 11) is 0. The van der Waals surface area contributed by atoms with Gasteiger partial charge in [0, 0.05) is 37.9 Å². The molecule has 3 aliphatic heterocycles. The van der Waals surface area contributed by atoms with Crippen molar-refractivity contribution in [2.24, 2.45) is 11.8 Å². The zero-order chi connectivity index (χ0) is 25.3. The second-order valence-corrected chi connectivity index (χ2v) is 11.9. The molecule has 36 heavy (non-hydrogen) atoms. The first-order chi connectivity index (χ1) is 17.2. The van der Waals surface area contributed by atoms with Crippen LogP contribution in [0.1, 0.15) is 81.1 Å². The SMILES string of the molecule is CC(C)(C)OC(=O)C1C[C@H]2CCN(C(=O)c3cc(OCC4CCOCC4)cc(C4CC4)c3)NC[C@H]2N1. The van der Waals surface area contributed by atoms with E-state index in [0.717, 1.165) is 44.6 Å². The molecule has 1 aromatic rings. The quantitative estimate of drug-likeness (QED) is 0.580. The predicted octanol–water partition coefficient (Wildman–Crippen LogP) is 3.41. The number of hydrazine groups is 1. The van der Waals surface area contributed by atoms with Crippen LogP contribution in [0.5, 0.6) is 5.75 Å². The highest BCUT2D eigenvalue weighted by Crippen LogP contribution is 2.42. The van der Waals surface area contributed by atoms with Gasteiger partial charge in [0.15, 0.2) is 0 Å². The first kappa shape index (κ1) is 25.5. The summed E-state index contributed by atoms with van der Waals surface area (Å²) in [5, 5.41) is 5.19. The summed E-state index contributed by atoms with van der Waals surface area (Å²) in [6, 6.07) is 5.92. The van der Waals surface area contributed by atoms with Crippen molar-refractivity contribution in [2.75, 3.05) is 32.9 Å². The number of amides is 1. The molecule has 4 fully saturated rings. The van der Waals surface area contributed by atoms with Gasteiger partial charge in [-0.05, 0) is 101 Å². The standard InChI is InChI=1S/C28H41N3O5/c1-28(2,3)36-27(33)24-15-20-6-9-31(29-16-25(20)30-24)26(32)22-12-21(19-4-5-19)13-23(14-22)35-17-18-7-10-34-11-8-18/h12-14,18-20,24-25,29-30H,4-11,15-17H2,1-3H3/t20-,24?,25-/m1/s1. The van der Waals surface area contributed by atoms with E-state index in [1.54, 1.807) is 5.01 Å². The monoisotopic (exact) mass is 499 g/mol. The van der Waals surface area contributed by atoms with Crippen LogP contribution in [0.4, 0.5) is 0 Å². The van der Waals surface area contributed by atoms with E-state index in [1.807, 2.05) is 32.9 Å². The summed E-state index contributed by atoms with van der Waals surface area (Å²) in [6.07, 6.45) is 5.98. The predicted molar refractivity (Wildman–Crippen MR) is 136 cm³/mol. The van der Waals surface area contributed by atoms with E-state index in [2.05, 4.69) is 16.8 Å². The van der Waals surface area contributed by atoms with Crippen molar-refractivity contribution < 1.29 is 23.8 Å². The lowest BCUT2D eigenvalue weighted by Crippen LogP contribution is -2.48. The van der Waals surface area contributed by atoms with Gasteiger partial charge in [0.1, 0.15) is 17.4 Å². The van der Waals surface area contributed by atoms with Crippen LogP contribution < -0.4 is 15.5 Å². The van der Waals surface area contributed by atoms with Gasteiger partial charge in [0.05, 0.1) is 6.61 Å². The molecule has 4 aliphatic rings. The minimum absolute atomic E-state index is 0.0166. The number of hydrogen-bond donors (Lipinski definition) is 2. The van der Waals surface area contributed by atoms with Crippen LogP contribution >= 0.6 is 0 Å². The fraction of sp³-hybridized carbons (Fsp3) is 0.714. The molecule has 5 rings (SSSR count). The van der Waals surface area contributed by atoms with E-state index in [0.29, 0.717) is 43.0 Å². The minimum Gasteiger partial charge on any atom is -0.493 e. The van der Waals surface area contributed by atoms with Crippen LogP contribution in [-0.2, 0) is 14.3 Å². The third-order valence-corrected chi connectivity index (χ3v) is 7.74. The van der Waals surface area contributed by atoms with Gasteiger partial charge in [-0.3, -0.25) is 19.9 Å². The molecular formula is C28H41N3O5. The molecule has 0 bridgehead atoms. The van der Waals surface area contributed by atoms with Crippen molar-refractivity contribution in [3.05, 3.63) is 29.3 Å². The number of hydrogen-bond acceptors (Lipinski definition) is 7. The van der Waals surface area contributed by atoms with Crippen molar-refractivity contribution in [1.29, 1.82) is 0 Å². The minimum atomic E-state index is -0.493. The topological polar surface area (TPSA) is 89.1 Å². The number of ether oxygens (including phenoxy) is 3. The number of fused-ring (bicyclic) bond motifs is 1. The second-order valence-electron chi connectivity index (χ2n) is 11.9. The Morgan fingerprint density at radius 2 is 1.86 bits per heavy atom. The van der Waals surface area contributed by atoms with E-state index in [9.17, 15) is 9.59 Å². The molecule has 0 spiro atoms. The number of carbonyl (C=O) groups is 2. The van der Waals surface area contributed by atoms with Crippen molar-refractivity contribution in [2.45, 2.75) is 82.9 Å². The molecule has 1 aromatic carbocycles. The molecule has 3 atom stereocenters. The largest absolute Gasteiger partial charge is 0.493 e. The van der Waals surface area contributed by atoms with E-state index < -0.39 is 5.60 Å². The van der Waals surface area contributed by atoms with Gasteiger partial charge in [-0.15, -0.1) is 0 Å². The third-order valence-electron chi connectivity index (χ3n) is 7.74. The lowest BCUT2D eigenvalue weighted by Gasteiger charge is -2.25. The number of nitrogens with zero attached hydrogens (tertiary/aromatic N) is 1. The van der Waals surface area contributed by atoms with E-state index in [-0.39, 0.29) is 24.0 Å². The van der Waals surface area contributed by atoms with Gasteiger partial charge in [-0.2, -0.15) is 0 Å². The maximum Gasteiger partial charge on any atom is 0.323 e.